The van der Waals surface area contributed by atoms with E-state index in [4.69, 9.17) is 5.73 Å². The van der Waals surface area contributed by atoms with E-state index in [-0.39, 0.29) is 6.04 Å². The van der Waals surface area contributed by atoms with Crippen LogP contribution in [0, 0.1) is 0 Å². The predicted molar refractivity (Wildman–Crippen MR) is 45.5 cm³/mol. The van der Waals surface area contributed by atoms with Crippen molar-refractivity contribution >= 4 is 0 Å². The van der Waals surface area contributed by atoms with Gasteiger partial charge in [-0.25, -0.2) is 0 Å². The van der Waals surface area contributed by atoms with E-state index in [0.717, 1.165) is 24.1 Å². The number of pyridine rings is 1. The minimum absolute atomic E-state index is 0.123. The van der Waals surface area contributed by atoms with Crippen molar-refractivity contribution in [2.75, 3.05) is 0 Å². The highest BCUT2D eigenvalue weighted by molar-refractivity contribution is 5.26. The first kappa shape index (κ1) is 7.71. The van der Waals surface area contributed by atoms with Gasteiger partial charge in [0.2, 0.25) is 0 Å². The minimum Gasteiger partial charge on any atom is -0.387 e. The molecule has 64 valence electrons. The molecule has 12 heavy (non-hydrogen) atoms. The molecular weight excluding hydrogens is 152 g/mol. The smallest absolute Gasteiger partial charge is 0.0958 e. The molecule has 1 aliphatic rings. The first-order valence-corrected chi connectivity index (χ1v) is 4.16. The van der Waals surface area contributed by atoms with Crippen LogP contribution in [0.3, 0.4) is 0 Å². The lowest BCUT2D eigenvalue weighted by Crippen LogP contribution is -2.33. The van der Waals surface area contributed by atoms with E-state index >= 15 is 0 Å². The zero-order chi connectivity index (χ0) is 8.55. The lowest BCUT2D eigenvalue weighted by Gasteiger charge is -2.25. The molecule has 3 heteroatoms. The summed E-state index contributed by atoms with van der Waals surface area (Å²) in [6, 6.07) is 3.60. The Labute approximate surface area is 71.2 Å². The van der Waals surface area contributed by atoms with Gasteiger partial charge in [0.15, 0.2) is 0 Å². The van der Waals surface area contributed by atoms with Crippen LogP contribution in [0.2, 0.25) is 0 Å². The van der Waals surface area contributed by atoms with E-state index in [1.807, 2.05) is 12.1 Å². The fourth-order valence-corrected chi connectivity index (χ4v) is 1.62. The number of nitrogens with zero attached hydrogens (tertiary/aromatic N) is 1. The van der Waals surface area contributed by atoms with E-state index in [1.54, 1.807) is 6.20 Å². The van der Waals surface area contributed by atoms with Crippen LogP contribution in [0.1, 0.15) is 23.8 Å². The van der Waals surface area contributed by atoms with Crippen LogP contribution in [0.15, 0.2) is 18.3 Å². The van der Waals surface area contributed by atoms with Gasteiger partial charge in [0.1, 0.15) is 0 Å². The van der Waals surface area contributed by atoms with Crippen molar-refractivity contribution in [1.82, 2.24) is 4.98 Å². The van der Waals surface area contributed by atoms with E-state index in [2.05, 4.69) is 4.98 Å². The fourth-order valence-electron chi connectivity index (χ4n) is 1.62. The first-order valence-electron chi connectivity index (χ1n) is 4.16. The molecule has 1 aromatic heterocycles. The molecule has 0 bridgehead atoms. The second kappa shape index (κ2) is 2.84. The number of hydrogen-bond donors (Lipinski definition) is 2. The average Bonchev–Trinajstić information content (AvgIpc) is 2.12. The topological polar surface area (TPSA) is 59.1 Å². The van der Waals surface area contributed by atoms with E-state index < -0.39 is 6.10 Å². The van der Waals surface area contributed by atoms with Crippen LogP contribution < -0.4 is 5.73 Å². The molecule has 1 heterocycles. The maximum absolute atomic E-state index is 9.66. The second-order valence-electron chi connectivity index (χ2n) is 3.19. The van der Waals surface area contributed by atoms with Gasteiger partial charge in [0.25, 0.3) is 0 Å². The highest BCUT2D eigenvalue weighted by Crippen LogP contribution is 2.26. The molecule has 2 rings (SSSR count). The van der Waals surface area contributed by atoms with E-state index in [9.17, 15) is 5.11 Å². The molecule has 1 aliphatic carbocycles. The monoisotopic (exact) mass is 164 g/mol. The van der Waals surface area contributed by atoms with E-state index in [1.165, 1.54) is 0 Å². The lowest BCUT2D eigenvalue weighted by atomic mass is 9.90. The van der Waals surface area contributed by atoms with Crippen molar-refractivity contribution in [3.05, 3.63) is 29.6 Å². The number of hydrogen-bond acceptors (Lipinski definition) is 3. The third-order valence-electron chi connectivity index (χ3n) is 2.36. The standard InChI is InChI=1S/C9H12N2O/c10-7-3-4-8-6(9(7)12)2-1-5-11-8/h1-2,5,7,9,12H,3-4,10H2. The van der Waals surface area contributed by atoms with Crippen LogP contribution in [0.25, 0.3) is 0 Å². The summed E-state index contributed by atoms with van der Waals surface area (Å²) in [5.41, 5.74) is 7.61. The molecule has 0 saturated heterocycles. The number of aromatic nitrogens is 1. The number of aliphatic hydroxyl groups is 1. The first-order chi connectivity index (χ1) is 5.79. The summed E-state index contributed by atoms with van der Waals surface area (Å²) < 4.78 is 0. The summed E-state index contributed by atoms with van der Waals surface area (Å²) in [5.74, 6) is 0. The van der Waals surface area contributed by atoms with Gasteiger partial charge in [-0.2, -0.15) is 0 Å². The molecule has 1 aromatic rings. The summed E-state index contributed by atoms with van der Waals surface area (Å²) in [7, 11) is 0. The Hall–Kier alpha value is -0.930. The maximum atomic E-state index is 9.66. The normalized spacial score (nSPS) is 28.2. The highest BCUT2D eigenvalue weighted by atomic mass is 16.3. The SMILES string of the molecule is NC1CCc2ncccc2C1O. The van der Waals surface area contributed by atoms with Gasteiger partial charge < -0.3 is 10.8 Å². The molecule has 0 aromatic carbocycles. The van der Waals surface area contributed by atoms with Gasteiger partial charge in [0.05, 0.1) is 6.10 Å². The van der Waals surface area contributed by atoms with Gasteiger partial charge in [-0.15, -0.1) is 0 Å². The van der Waals surface area contributed by atoms with Crippen molar-refractivity contribution in [2.45, 2.75) is 25.0 Å². The number of fused-ring (bicyclic) bond motifs is 1. The summed E-state index contributed by atoms with van der Waals surface area (Å²) >= 11 is 0. The largest absolute Gasteiger partial charge is 0.387 e. The Morgan fingerprint density at radius 2 is 2.42 bits per heavy atom. The van der Waals surface area contributed by atoms with Gasteiger partial charge in [0, 0.05) is 23.5 Å². The van der Waals surface area contributed by atoms with Crippen molar-refractivity contribution < 1.29 is 5.11 Å². The molecule has 0 aliphatic heterocycles. The Balaban J connectivity index is 2.42. The van der Waals surface area contributed by atoms with Gasteiger partial charge in [-0.05, 0) is 18.9 Å². The van der Waals surface area contributed by atoms with Gasteiger partial charge in [-0.1, -0.05) is 6.07 Å². The zero-order valence-corrected chi connectivity index (χ0v) is 6.77. The molecule has 3 N–H and O–H groups in total. The third kappa shape index (κ3) is 1.11. The fraction of sp³-hybridized carbons (Fsp3) is 0.444. The summed E-state index contributed by atoms with van der Waals surface area (Å²) in [4.78, 5) is 4.19. The molecule has 2 atom stereocenters. The number of aryl methyl sites for hydroxylation is 1. The van der Waals surface area contributed by atoms with Crippen molar-refractivity contribution in [1.29, 1.82) is 0 Å². The Morgan fingerprint density at radius 3 is 3.25 bits per heavy atom. The molecule has 0 amide bonds. The Morgan fingerprint density at radius 1 is 1.58 bits per heavy atom. The quantitative estimate of drug-likeness (QED) is 0.583. The molecule has 2 unspecified atom stereocenters. The number of rotatable bonds is 0. The number of aliphatic hydroxyl groups excluding tert-OH is 1. The lowest BCUT2D eigenvalue weighted by molar-refractivity contribution is 0.133. The van der Waals surface area contributed by atoms with Crippen LogP contribution in [-0.4, -0.2) is 16.1 Å². The number of nitrogens with two attached hydrogens (primary N) is 1. The van der Waals surface area contributed by atoms with Crippen LogP contribution in [0.5, 0.6) is 0 Å². The van der Waals surface area contributed by atoms with Crippen LogP contribution >= 0.6 is 0 Å². The molecule has 0 radical (unpaired) electrons. The average molecular weight is 164 g/mol. The van der Waals surface area contributed by atoms with Gasteiger partial charge >= 0.3 is 0 Å². The van der Waals surface area contributed by atoms with Crippen molar-refractivity contribution in [2.24, 2.45) is 5.73 Å². The Kier molecular flexibility index (Phi) is 1.83. The molecular formula is C9H12N2O. The minimum atomic E-state index is -0.526. The Bertz CT molecular complexity index is 288. The predicted octanol–water partition coefficient (Wildman–Crippen LogP) is 0.388. The maximum Gasteiger partial charge on any atom is 0.0958 e. The third-order valence-corrected chi connectivity index (χ3v) is 2.36. The van der Waals surface area contributed by atoms with E-state index in [0.29, 0.717) is 0 Å². The molecule has 0 spiro atoms. The highest BCUT2D eigenvalue weighted by Gasteiger charge is 2.24. The summed E-state index contributed by atoms with van der Waals surface area (Å²) in [5, 5.41) is 9.66. The summed E-state index contributed by atoms with van der Waals surface area (Å²) in [6.45, 7) is 0. The van der Waals surface area contributed by atoms with Crippen molar-refractivity contribution in [3.63, 3.8) is 0 Å². The molecule has 3 nitrogen and oxygen atoms in total. The molecule has 0 fully saturated rings. The van der Waals surface area contributed by atoms with Crippen molar-refractivity contribution in [3.8, 4) is 0 Å². The summed E-state index contributed by atoms with van der Waals surface area (Å²) in [6.07, 6.45) is 2.93. The van der Waals surface area contributed by atoms with Gasteiger partial charge in [-0.3, -0.25) is 4.98 Å². The second-order valence-corrected chi connectivity index (χ2v) is 3.19. The zero-order valence-electron chi connectivity index (χ0n) is 6.77. The molecule has 0 saturated carbocycles. The van der Waals surface area contributed by atoms with Crippen LogP contribution in [0.4, 0.5) is 0 Å². The van der Waals surface area contributed by atoms with Crippen LogP contribution in [-0.2, 0) is 6.42 Å².